The first-order valence-electron chi connectivity index (χ1n) is 6.09. The molecule has 0 unspecified atom stereocenters. The summed E-state index contributed by atoms with van der Waals surface area (Å²) in [6, 6.07) is 5.10. The van der Waals surface area contributed by atoms with E-state index in [9.17, 15) is 4.39 Å². The van der Waals surface area contributed by atoms with E-state index in [2.05, 4.69) is 35.1 Å². The van der Waals surface area contributed by atoms with Crippen LogP contribution < -0.4 is 5.32 Å². The summed E-state index contributed by atoms with van der Waals surface area (Å²) in [5.41, 5.74) is 1.12. The molecule has 0 amide bonds. The molecule has 1 aromatic carbocycles. The van der Waals surface area contributed by atoms with Crippen LogP contribution in [0.4, 0.5) is 4.39 Å². The molecule has 18 heavy (non-hydrogen) atoms. The SMILES string of the molecule is COCCC(C)(C)CNCc1cccc(F)c1Br. The summed E-state index contributed by atoms with van der Waals surface area (Å²) in [6.45, 7) is 6.69. The van der Waals surface area contributed by atoms with E-state index >= 15 is 0 Å². The van der Waals surface area contributed by atoms with Gasteiger partial charge in [-0.3, -0.25) is 0 Å². The van der Waals surface area contributed by atoms with Crippen molar-refractivity contribution in [1.29, 1.82) is 0 Å². The molecule has 2 nitrogen and oxygen atoms in total. The van der Waals surface area contributed by atoms with Crippen molar-refractivity contribution >= 4 is 15.9 Å². The van der Waals surface area contributed by atoms with E-state index in [1.165, 1.54) is 6.07 Å². The van der Waals surface area contributed by atoms with Crippen LogP contribution in [0.3, 0.4) is 0 Å². The predicted molar refractivity (Wildman–Crippen MR) is 76.1 cm³/mol. The molecule has 0 spiro atoms. The van der Waals surface area contributed by atoms with Gasteiger partial charge in [0.2, 0.25) is 0 Å². The Balaban J connectivity index is 2.44. The summed E-state index contributed by atoms with van der Waals surface area (Å²) in [5.74, 6) is -0.215. The quantitative estimate of drug-likeness (QED) is 0.827. The van der Waals surface area contributed by atoms with E-state index in [1.807, 2.05) is 6.07 Å². The van der Waals surface area contributed by atoms with Crippen molar-refractivity contribution in [3.05, 3.63) is 34.1 Å². The van der Waals surface area contributed by atoms with Gasteiger partial charge < -0.3 is 10.1 Å². The Morgan fingerprint density at radius 2 is 2.11 bits per heavy atom. The van der Waals surface area contributed by atoms with Crippen LogP contribution in [-0.4, -0.2) is 20.3 Å². The molecule has 0 heterocycles. The molecule has 0 saturated heterocycles. The molecule has 0 fully saturated rings. The number of nitrogens with one attached hydrogen (secondary N) is 1. The van der Waals surface area contributed by atoms with Crippen molar-refractivity contribution in [3.63, 3.8) is 0 Å². The molecule has 0 aromatic heterocycles. The van der Waals surface area contributed by atoms with Gasteiger partial charge in [-0.25, -0.2) is 4.39 Å². The molecule has 1 aromatic rings. The van der Waals surface area contributed by atoms with E-state index in [0.717, 1.165) is 25.1 Å². The lowest BCUT2D eigenvalue weighted by Crippen LogP contribution is -2.30. The highest BCUT2D eigenvalue weighted by Crippen LogP contribution is 2.22. The topological polar surface area (TPSA) is 21.3 Å². The predicted octanol–water partition coefficient (Wildman–Crippen LogP) is 3.74. The summed E-state index contributed by atoms with van der Waals surface area (Å²) >= 11 is 3.27. The van der Waals surface area contributed by atoms with E-state index < -0.39 is 0 Å². The van der Waals surface area contributed by atoms with Crippen molar-refractivity contribution in [2.45, 2.75) is 26.8 Å². The molecule has 4 heteroatoms. The van der Waals surface area contributed by atoms with Crippen molar-refractivity contribution in [2.24, 2.45) is 5.41 Å². The number of methoxy groups -OCH3 is 1. The van der Waals surface area contributed by atoms with Gasteiger partial charge in [0, 0.05) is 26.8 Å². The zero-order valence-corrected chi connectivity index (χ0v) is 12.8. The van der Waals surface area contributed by atoms with Crippen molar-refractivity contribution in [3.8, 4) is 0 Å². The normalized spacial score (nSPS) is 11.8. The van der Waals surface area contributed by atoms with Gasteiger partial charge in [-0.1, -0.05) is 26.0 Å². The maximum absolute atomic E-state index is 13.3. The Bertz CT molecular complexity index is 382. The van der Waals surface area contributed by atoms with Crippen molar-refractivity contribution in [1.82, 2.24) is 5.32 Å². The van der Waals surface area contributed by atoms with Gasteiger partial charge in [0.05, 0.1) is 4.47 Å². The first-order valence-corrected chi connectivity index (χ1v) is 6.88. The van der Waals surface area contributed by atoms with E-state index in [-0.39, 0.29) is 11.2 Å². The maximum atomic E-state index is 13.3. The van der Waals surface area contributed by atoms with Crippen LogP contribution in [0.5, 0.6) is 0 Å². The van der Waals surface area contributed by atoms with E-state index in [1.54, 1.807) is 13.2 Å². The second-order valence-electron chi connectivity index (χ2n) is 5.22. The number of benzene rings is 1. The van der Waals surface area contributed by atoms with Crippen LogP contribution in [0.25, 0.3) is 0 Å². The fourth-order valence-corrected chi connectivity index (χ4v) is 2.09. The molecule has 0 saturated carbocycles. The fourth-order valence-electron chi connectivity index (χ4n) is 1.69. The molecule has 0 bridgehead atoms. The Morgan fingerprint density at radius 1 is 1.39 bits per heavy atom. The van der Waals surface area contributed by atoms with Crippen LogP contribution in [-0.2, 0) is 11.3 Å². The standard InChI is InChI=1S/C14H21BrFNO/c1-14(2,7-8-18-3)10-17-9-11-5-4-6-12(16)13(11)15/h4-6,17H,7-10H2,1-3H3. The molecule has 0 aliphatic rings. The molecule has 1 rings (SSSR count). The Morgan fingerprint density at radius 3 is 2.78 bits per heavy atom. The van der Waals surface area contributed by atoms with Crippen molar-refractivity contribution < 1.29 is 9.13 Å². The Kier molecular flexibility index (Phi) is 6.26. The highest BCUT2D eigenvalue weighted by atomic mass is 79.9. The van der Waals surface area contributed by atoms with E-state index in [4.69, 9.17) is 4.74 Å². The third-order valence-corrected chi connectivity index (χ3v) is 3.82. The smallest absolute Gasteiger partial charge is 0.137 e. The zero-order valence-electron chi connectivity index (χ0n) is 11.2. The molecule has 0 aliphatic carbocycles. The maximum Gasteiger partial charge on any atom is 0.137 e. The largest absolute Gasteiger partial charge is 0.385 e. The van der Waals surface area contributed by atoms with Gasteiger partial charge >= 0.3 is 0 Å². The van der Waals surface area contributed by atoms with Crippen LogP contribution in [0.1, 0.15) is 25.8 Å². The average Bonchev–Trinajstić information content (AvgIpc) is 2.32. The van der Waals surface area contributed by atoms with Gasteiger partial charge in [-0.15, -0.1) is 0 Å². The lowest BCUT2D eigenvalue weighted by Gasteiger charge is -2.24. The van der Waals surface area contributed by atoms with Crippen LogP contribution in [0.15, 0.2) is 22.7 Å². The highest BCUT2D eigenvalue weighted by molar-refractivity contribution is 9.10. The molecular weight excluding hydrogens is 297 g/mol. The van der Waals surface area contributed by atoms with Crippen LogP contribution in [0, 0.1) is 11.2 Å². The summed E-state index contributed by atoms with van der Waals surface area (Å²) in [6.07, 6.45) is 1.00. The molecule has 0 radical (unpaired) electrons. The minimum Gasteiger partial charge on any atom is -0.385 e. The lowest BCUT2D eigenvalue weighted by molar-refractivity contribution is 0.150. The van der Waals surface area contributed by atoms with Gasteiger partial charge in [-0.2, -0.15) is 0 Å². The minimum absolute atomic E-state index is 0.176. The third-order valence-electron chi connectivity index (χ3n) is 2.93. The number of hydrogen-bond donors (Lipinski definition) is 1. The first-order chi connectivity index (χ1) is 8.46. The summed E-state index contributed by atoms with van der Waals surface area (Å²) in [4.78, 5) is 0. The highest BCUT2D eigenvalue weighted by Gasteiger charge is 2.17. The van der Waals surface area contributed by atoms with Crippen LogP contribution >= 0.6 is 15.9 Å². The monoisotopic (exact) mass is 317 g/mol. The van der Waals surface area contributed by atoms with Gasteiger partial charge in [0.1, 0.15) is 5.82 Å². The number of halogens is 2. The van der Waals surface area contributed by atoms with Gasteiger partial charge in [0.15, 0.2) is 0 Å². The number of rotatable bonds is 7. The molecule has 1 N–H and O–H groups in total. The molecular formula is C14H21BrFNO. The molecule has 102 valence electrons. The first kappa shape index (κ1) is 15.6. The van der Waals surface area contributed by atoms with Crippen molar-refractivity contribution in [2.75, 3.05) is 20.3 Å². The zero-order chi connectivity index (χ0) is 13.6. The van der Waals surface area contributed by atoms with Gasteiger partial charge in [0.25, 0.3) is 0 Å². The second kappa shape index (κ2) is 7.22. The summed E-state index contributed by atoms with van der Waals surface area (Å²) in [5, 5.41) is 3.37. The summed E-state index contributed by atoms with van der Waals surface area (Å²) < 4.78 is 19.0. The average molecular weight is 318 g/mol. The fraction of sp³-hybridized carbons (Fsp3) is 0.571. The second-order valence-corrected chi connectivity index (χ2v) is 6.02. The lowest BCUT2D eigenvalue weighted by atomic mass is 9.89. The van der Waals surface area contributed by atoms with E-state index in [0.29, 0.717) is 11.0 Å². The third kappa shape index (κ3) is 5.04. The van der Waals surface area contributed by atoms with Crippen LogP contribution in [0.2, 0.25) is 0 Å². The minimum atomic E-state index is -0.215. The summed E-state index contributed by atoms with van der Waals surface area (Å²) in [7, 11) is 1.72. The number of hydrogen-bond acceptors (Lipinski definition) is 2. The Labute approximate surface area is 117 Å². The number of ether oxygens (including phenoxy) is 1. The van der Waals surface area contributed by atoms with Gasteiger partial charge in [-0.05, 0) is 39.4 Å². The molecule has 0 aliphatic heterocycles. The molecule has 0 atom stereocenters. The Hall–Kier alpha value is -0.450.